The van der Waals surface area contributed by atoms with Gasteiger partial charge in [0.1, 0.15) is 5.02 Å². The Morgan fingerprint density at radius 1 is 1.13 bits per heavy atom. The van der Waals surface area contributed by atoms with Crippen LogP contribution in [0.4, 0.5) is 10.8 Å². The van der Waals surface area contributed by atoms with E-state index in [4.69, 9.17) is 11.6 Å². The number of anilines is 1. The first-order valence-electron chi connectivity index (χ1n) is 8.69. The molecule has 0 aliphatic heterocycles. The highest BCUT2D eigenvalue weighted by Crippen LogP contribution is 2.31. The second kappa shape index (κ2) is 8.78. The third-order valence-electron chi connectivity index (χ3n) is 4.26. The van der Waals surface area contributed by atoms with Crippen molar-refractivity contribution in [2.45, 2.75) is 10.1 Å². The van der Waals surface area contributed by atoms with Crippen molar-refractivity contribution < 1.29 is 9.72 Å². The zero-order valence-corrected chi connectivity index (χ0v) is 17.6. The van der Waals surface area contributed by atoms with Crippen molar-refractivity contribution in [1.29, 1.82) is 0 Å². The Morgan fingerprint density at radius 2 is 1.93 bits per heavy atom. The maximum Gasteiger partial charge on any atom is 0.288 e. The standard InChI is InChI=1S/C20H13ClN4O3S2/c21-16-9-8-13(10-17(16)25(27)28)18(26)22-19-23-24-20(30-19)29-11-14-6-3-5-12-4-1-2-7-15(12)14/h1-10H,11H2,(H,22,23,26). The summed E-state index contributed by atoms with van der Waals surface area (Å²) < 4.78 is 0.709. The van der Waals surface area contributed by atoms with Gasteiger partial charge in [-0.05, 0) is 28.5 Å². The number of hydrogen-bond acceptors (Lipinski definition) is 7. The monoisotopic (exact) mass is 456 g/mol. The smallest absolute Gasteiger partial charge is 0.288 e. The lowest BCUT2D eigenvalue weighted by Crippen LogP contribution is -2.12. The summed E-state index contributed by atoms with van der Waals surface area (Å²) >= 11 is 8.55. The second-order valence-corrected chi connectivity index (χ2v) is 8.78. The summed E-state index contributed by atoms with van der Waals surface area (Å²) in [4.78, 5) is 22.8. The first-order chi connectivity index (χ1) is 14.5. The molecule has 0 saturated heterocycles. The number of thioether (sulfide) groups is 1. The molecule has 0 fully saturated rings. The van der Waals surface area contributed by atoms with Gasteiger partial charge in [-0.2, -0.15) is 0 Å². The molecule has 1 aromatic heterocycles. The van der Waals surface area contributed by atoms with Crippen LogP contribution in [-0.2, 0) is 5.75 Å². The zero-order valence-electron chi connectivity index (χ0n) is 15.2. The molecular formula is C20H13ClN4O3S2. The molecule has 30 heavy (non-hydrogen) atoms. The topological polar surface area (TPSA) is 98.0 Å². The Kier molecular flexibility index (Phi) is 5.93. The molecule has 10 heteroatoms. The van der Waals surface area contributed by atoms with E-state index in [1.165, 1.54) is 51.6 Å². The van der Waals surface area contributed by atoms with Gasteiger partial charge in [-0.25, -0.2) is 0 Å². The number of fused-ring (bicyclic) bond motifs is 1. The van der Waals surface area contributed by atoms with Gasteiger partial charge < -0.3 is 0 Å². The van der Waals surface area contributed by atoms with E-state index in [9.17, 15) is 14.9 Å². The van der Waals surface area contributed by atoms with Crippen LogP contribution in [0.25, 0.3) is 10.8 Å². The Balaban J connectivity index is 1.44. The number of hydrogen-bond donors (Lipinski definition) is 1. The number of nitrogens with zero attached hydrogens (tertiary/aromatic N) is 3. The minimum absolute atomic E-state index is 0.0282. The molecule has 150 valence electrons. The van der Waals surface area contributed by atoms with Gasteiger partial charge in [0.25, 0.3) is 11.6 Å². The van der Waals surface area contributed by atoms with Crippen molar-refractivity contribution in [1.82, 2.24) is 10.2 Å². The molecule has 0 saturated carbocycles. The predicted octanol–water partition coefficient (Wildman–Crippen LogP) is 5.80. The molecule has 1 heterocycles. The molecule has 4 rings (SSSR count). The molecular weight excluding hydrogens is 444 g/mol. The Hall–Kier alpha value is -3.01. The van der Waals surface area contributed by atoms with E-state index in [0.717, 1.165) is 6.07 Å². The quantitative estimate of drug-likeness (QED) is 0.170. The van der Waals surface area contributed by atoms with Crippen LogP contribution >= 0.6 is 34.7 Å². The summed E-state index contributed by atoms with van der Waals surface area (Å²) in [6, 6.07) is 18.2. The van der Waals surface area contributed by atoms with Gasteiger partial charge in [-0.1, -0.05) is 77.2 Å². The van der Waals surface area contributed by atoms with E-state index in [-0.39, 0.29) is 16.3 Å². The van der Waals surface area contributed by atoms with Crippen LogP contribution in [0.2, 0.25) is 5.02 Å². The number of carbonyl (C=O) groups excluding carboxylic acids is 1. The van der Waals surface area contributed by atoms with Crippen molar-refractivity contribution in [3.63, 3.8) is 0 Å². The molecule has 0 unspecified atom stereocenters. The van der Waals surface area contributed by atoms with Gasteiger partial charge in [0.05, 0.1) is 4.92 Å². The van der Waals surface area contributed by atoms with E-state index in [1.54, 1.807) is 0 Å². The maximum atomic E-state index is 12.4. The molecule has 7 nitrogen and oxygen atoms in total. The van der Waals surface area contributed by atoms with Crippen LogP contribution in [0, 0.1) is 10.1 Å². The molecule has 1 N–H and O–H groups in total. The van der Waals surface area contributed by atoms with Gasteiger partial charge in [0, 0.05) is 17.4 Å². The Bertz CT molecular complexity index is 1260. The molecule has 0 aliphatic rings. The van der Waals surface area contributed by atoms with Crippen molar-refractivity contribution in [3.8, 4) is 0 Å². The summed E-state index contributed by atoms with van der Waals surface area (Å²) in [7, 11) is 0. The molecule has 0 bridgehead atoms. The largest absolute Gasteiger partial charge is 0.296 e. The molecule has 0 aliphatic carbocycles. The first-order valence-corrected chi connectivity index (χ1v) is 10.9. The van der Waals surface area contributed by atoms with Crippen LogP contribution in [0.3, 0.4) is 0 Å². The second-order valence-electron chi connectivity index (χ2n) is 6.18. The van der Waals surface area contributed by atoms with E-state index in [1.807, 2.05) is 18.2 Å². The van der Waals surface area contributed by atoms with E-state index >= 15 is 0 Å². The van der Waals surface area contributed by atoms with Crippen molar-refractivity contribution in [3.05, 3.63) is 86.9 Å². The highest BCUT2D eigenvalue weighted by Gasteiger charge is 2.17. The number of carbonyl (C=O) groups is 1. The average Bonchev–Trinajstić information content (AvgIpc) is 3.19. The minimum atomic E-state index is -0.633. The lowest BCUT2D eigenvalue weighted by Gasteiger charge is -2.04. The summed E-state index contributed by atoms with van der Waals surface area (Å²) in [5.41, 5.74) is 0.978. The van der Waals surface area contributed by atoms with Gasteiger partial charge in [0.15, 0.2) is 4.34 Å². The van der Waals surface area contributed by atoms with Crippen molar-refractivity contribution in [2.75, 3.05) is 5.32 Å². The molecule has 3 aromatic carbocycles. The fourth-order valence-electron chi connectivity index (χ4n) is 2.84. The highest BCUT2D eigenvalue weighted by molar-refractivity contribution is 8.00. The van der Waals surface area contributed by atoms with E-state index < -0.39 is 10.8 Å². The van der Waals surface area contributed by atoms with Gasteiger partial charge in [-0.15, -0.1) is 10.2 Å². The van der Waals surface area contributed by atoms with Gasteiger partial charge >= 0.3 is 0 Å². The van der Waals surface area contributed by atoms with Crippen LogP contribution < -0.4 is 5.32 Å². The number of amides is 1. The number of aromatic nitrogens is 2. The fraction of sp³-hybridized carbons (Fsp3) is 0.0500. The number of nitro benzene ring substituents is 1. The maximum absolute atomic E-state index is 12.4. The minimum Gasteiger partial charge on any atom is -0.296 e. The number of rotatable bonds is 6. The van der Waals surface area contributed by atoms with Crippen molar-refractivity contribution in [2.24, 2.45) is 0 Å². The molecule has 0 spiro atoms. The third kappa shape index (κ3) is 4.43. The van der Waals surface area contributed by atoms with Crippen LogP contribution in [-0.4, -0.2) is 21.0 Å². The number of halogens is 1. The average molecular weight is 457 g/mol. The summed E-state index contributed by atoms with van der Waals surface area (Å²) in [6.45, 7) is 0. The lowest BCUT2D eigenvalue weighted by atomic mass is 10.1. The lowest BCUT2D eigenvalue weighted by molar-refractivity contribution is -0.384. The molecule has 0 radical (unpaired) electrons. The van der Waals surface area contributed by atoms with E-state index in [0.29, 0.717) is 15.2 Å². The fourth-order valence-corrected chi connectivity index (χ4v) is 4.78. The van der Waals surface area contributed by atoms with Crippen LogP contribution in [0.5, 0.6) is 0 Å². The molecule has 4 aromatic rings. The van der Waals surface area contributed by atoms with Crippen LogP contribution in [0.15, 0.2) is 65.0 Å². The zero-order chi connectivity index (χ0) is 21.1. The summed E-state index contributed by atoms with van der Waals surface area (Å²) in [5.74, 6) is 0.198. The Labute approximate surface area is 184 Å². The van der Waals surface area contributed by atoms with Crippen molar-refractivity contribution >= 4 is 62.2 Å². The first kappa shape index (κ1) is 20.3. The van der Waals surface area contributed by atoms with Gasteiger partial charge in [0.2, 0.25) is 5.13 Å². The van der Waals surface area contributed by atoms with E-state index in [2.05, 4.69) is 39.8 Å². The number of nitro groups is 1. The predicted molar refractivity (Wildman–Crippen MR) is 119 cm³/mol. The third-order valence-corrected chi connectivity index (χ3v) is 6.60. The summed E-state index contributed by atoms with van der Waals surface area (Å²) in [6.07, 6.45) is 0. The SMILES string of the molecule is O=C(Nc1nnc(SCc2cccc3ccccc23)s1)c1ccc(Cl)c([N+](=O)[O-])c1. The highest BCUT2D eigenvalue weighted by atomic mass is 35.5. The number of benzene rings is 3. The van der Waals surface area contributed by atoms with Gasteiger partial charge in [-0.3, -0.25) is 20.2 Å². The van der Waals surface area contributed by atoms with Crippen LogP contribution in [0.1, 0.15) is 15.9 Å². The normalized spacial score (nSPS) is 10.8. The summed E-state index contributed by atoms with van der Waals surface area (Å²) in [5, 5.41) is 24.4. The molecule has 1 amide bonds. The number of nitrogens with one attached hydrogen (secondary N) is 1. The Morgan fingerprint density at radius 3 is 2.77 bits per heavy atom. The molecule has 0 atom stereocenters.